The fraction of sp³-hybridized carbons (Fsp3) is 0.438. The van der Waals surface area contributed by atoms with E-state index < -0.39 is 25.9 Å². The van der Waals surface area contributed by atoms with Crippen LogP contribution in [0.1, 0.15) is 19.8 Å². The molecule has 0 unspecified atom stereocenters. The van der Waals surface area contributed by atoms with Crippen LogP contribution < -0.4 is 21.1 Å². The standard InChI is InChI=1S/C16H22ClF2N5O2S2/c1-10(20)8-21-4-2-3-5-22-13-7-12(18)14(6-11(13)17)28(25,26)24-16-23-9-15(19)27-16/h6-7,9-10,21-22H,2-5,8,20H2,1H3,(H,23,24)/t10-/m1/s1. The van der Waals surface area contributed by atoms with Crippen molar-refractivity contribution >= 4 is 43.8 Å². The number of hydrogen-bond donors (Lipinski definition) is 4. The lowest BCUT2D eigenvalue weighted by Gasteiger charge is -2.12. The molecular weight excluding hydrogens is 432 g/mol. The third-order valence-electron chi connectivity index (χ3n) is 3.57. The Kier molecular flexibility index (Phi) is 8.38. The Labute approximate surface area is 171 Å². The molecule has 0 aliphatic heterocycles. The van der Waals surface area contributed by atoms with Gasteiger partial charge in [-0.3, -0.25) is 4.72 Å². The summed E-state index contributed by atoms with van der Waals surface area (Å²) in [6.45, 7) is 4.01. The number of anilines is 2. The van der Waals surface area contributed by atoms with Crippen LogP contribution in [0.15, 0.2) is 23.2 Å². The predicted molar refractivity (Wildman–Crippen MR) is 109 cm³/mol. The van der Waals surface area contributed by atoms with Crippen LogP contribution in [0.4, 0.5) is 19.6 Å². The minimum absolute atomic E-state index is 0.0576. The van der Waals surface area contributed by atoms with Gasteiger partial charge in [0.05, 0.1) is 16.9 Å². The van der Waals surface area contributed by atoms with Crippen LogP contribution in [0, 0.1) is 10.9 Å². The van der Waals surface area contributed by atoms with Gasteiger partial charge in [-0.15, -0.1) is 0 Å². The number of thiazole rings is 1. The Morgan fingerprint density at radius 1 is 1.29 bits per heavy atom. The van der Waals surface area contributed by atoms with Crippen molar-refractivity contribution in [1.29, 1.82) is 0 Å². The normalized spacial score (nSPS) is 12.8. The minimum atomic E-state index is -4.29. The van der Waals surface area contributed by atoms with Gasteiger partial charge in [0.2, 0.25) is 0 Å². The van der Waals surface area contributed by atoms with E-state index in [0.29, 0.717) is 23.6 Å². The molecule has 0 aliphatic rings. The molecule has 1 atom stereocenters. The molecule has 5 N–H and O–H groups in total. The first-order valence-corrected chi connectivity index (χ1v) is 11.2. The monoisotopic (exact) mass is 453 g/mol. The zero-order valence-electron chi connectivity index (χ0n) is 15.1. The lowest BCUT2D eigenvalue weighted by Crippen LogP contribution is -2.31. The second kappa shape index (κ2) is 10.3. The van der Waals surface area contributed by atoms with Gasteiger partial charge in [-0.1, -0.05) is 22.9 Å². The highest BCUT2D eigenvalue weighted by molar-refractivity contribution is 7.93. The molecule has 0 bridgehead atoms. The molecule has 0 fully saturated rings. The molecule has 2 aromatic rings. The van der Waals surface area contributed by atoms with Crippen LogP contribution in [0.25, 0.3) is 0 Å². The molecule has 0 aliphatic carbocycles. The van der Waals surface area contributed by atoms with E-state index in [0.717, 1.165) is 44.3 Å². The van der Waals surface area contributed by atoms with Crippen LogP contribution in [0.2, 0.25) is 5.02 Å². The quantitative estimate of drug-likeness (QED) is 0.389. The lowest BCUT2D eigenvalue weighted by atomic mass is 10.2. The number of benzene rings is 1. The maximum absolute atomic E-state index is 14.4. The molecule has 0 amide bonds. The van der Waals surface area contributed by atoms with Gasteiger partial charge >= 0.3 is 0 Å². The largest absolute Gasteiger partial charge is 0.384 e. The maximum Gasteiger partial charge on any atom is 0.266 e. The highest BCUT2D eigenvalue weighted by Crippen LogP contribution is 2.29. The Morgan fingerprint density at radius 2 is 2.00 bits per heavy atom. The summed E-state index contributed by atoms with van der Waals surface area (Å²) in [6, 6.07) is 2.13. The van der Waals surface area contributed by atoms with Crippen molar-refractivity contribution in [3.8, 4) is 0 Å². The number of hydrogen-bond acceptors (Lipinski definition) is 7. The Balaban J connectivity index is 1.94. The SMILES string of the molecule is C[C@@H](N)CNCCCCNc1cc(F)c(S(=O)(=O)Nc2ncc(F)s2)cc1Cl. The van der Waals surface area contributed by atoms with E-state index in [1.165, 1.54) is 0 Å². The molecule has 28 heavy (non-hydrogen) atoms. The first kappa shape index (κ1) is 22.8. The zero-order valence-corrected chi connectivity index (χ0v) is 17.5. The molecule has 0 spiro atoms. The minimum Gasteiger partial charge on any atom is -0.384 e. The Bertz CT molecular complexity index is 893. The van der Waals surface area contributed by atoms with E-state index in [1.807, 2.05) is 11.6 Å². The van der Waals surface area contributed by atoms with Gasteiger partial charge in [0, 0.05) is 19.1 Å². The second-order valence-electron chi connectivity index (χ2n) is 6.15. The summed E-state index contributed by atoms with van der Waals surface area (Å²) in [4.78, 5) is 2.91. The van der Waals surface area contributed by atoms with Gasteiger partial charge in [-0.2, -0.15) is 4.39 Å². The van der Waals surface area contributed by atoms with Gasteiger partial charge < -0.3 is 16.4 Å². The molecule has 0 saturated heterocycles. The van der Waals surface area contributed by atoms with Crippen molar-refractivity contribution in [2.75, 3.05) is 29.7 Å². The molecule has 156 valence electrons. The average molecular weight is 454 g/mol. The molecule has 0 radical (unpaired) electrons. The van der Waals surface area contributed by atoms with Gasteiger partial charge in [-0.05, 0) is 38.4 Å². The van der Waals surface area contributed by atoms with Crippen LogP contribution in [-0.2, 0) is 10.0 Å². The summed E-state index contributed by atoms with van der Waals surface area (Å²) >= 11 is 6.59. The number of nitrogens with zero attached hydrogens (tertiary/aromatic N) is 1. The molecule has 1 aromatic carbocycles. The maximum atomic E-state index is 14.4. The van der Waals surface area contributed by atoms with Crippen molar-refractivity contribution in [3.63, 3.8) is 0 Å². The Morgan fingerprint density at radius 3 is 2.64 bits per heavy atom. The number of unbranched alkanes of at least 4 members (excludes halogenated alkanes) is 1. The third-order valence-corrected chi connectivity index (χ3v) is 6.07. The van der Waals surface area contributed by atoms with E-state index in [9.17, 15) is 17.2 Å². The van der Waals surface area contributed by atoms with Crippen LogP contribution in [-0.4, -0.2) is 39.1 Å². The number of sulfonamides is 1. The highest BCUT2D eigenvalue weighted by atomic mass is 35.5. The van der Waals surface area contributed by atoms with E-state index in [1.54, 1.807) is 0 Å². The first-order chi connectivity index (χ1) is 13.2. The summed E-state index contributed by atoms with van der Waals surface area (Å²) in [6.07, 6.45) is 2.56. The third kappa shape index (κ3) is 6.82. The van der Waals surface area contributed by atoms with E-state index in [4.69, 9.17) is 17.3 Å². The molecule has 0 saturated carbocycles. The number of aromatic nitrogens is 1. The molecule has 1 heterocycles. The summed E-state index contributed by atoms with van der Waals surface area (Å²) < 4.78 is 53.9. The van der Waals surface area contributed by atoms with E-state index >= 15 is 0 Å². The second-order valence-corrected chi connectivity index (χ2v) is 9.19. The highest BCUT2D eigenvalue weighted by Gasteiger charge is 2.22. The number of nitrogens with one attached hydrogen (secondary N) is 3. The summed E-state index contributed by atoms with van der Waals surface area (Å²) in [5.41, 5.74) is 5.93. The average Bonchev–Trinajstić information content (AvgIpc) is 3.00. The molecule has 12 heteroatoms. The van der Waals surface area contributed by atoms with Crippen molar-refractivity contribution in [2.24, 2.45) is 5.73 Å². The van der Waals surface area contributed by atoms with E-state index in [2.05, 4.69) is 15.6 Å². The number of nitrogens with two attached hydrogens (primary N) is 1. The van der Waals surface area contributed by atoms with Crippen LogP contribution in [0.3, 0.4) is 0 Å². The zero-order chi connectivity index (χ0) is 20.7. The molecule has 1 aromatic heterocycles. The van der Waals surface area contributed by atoms with Crippen molar-refractivity contribution < 1.29 is 17.2 Å². The Hall–Kier alpha value is -1.53. The van der Waals surface area contributed by atoms with Crippen molar-refractivity contribution in [2.45, 2.75) is 30.7 Å². The van der Waals surface area contributed by atoms with Crippen molar-refractivity contribution in [1.82, 2.24) is 10.3 Å². The van der Waals surface area contributed by atoms with Crippen LogP contribution in [0.5, 0.6) is 0 Å². The topological polar surface area (TPSA) is 109 Å². The number of rotatable bonds is 11. The van der Waals surface area contributed by atoms with Crippen molar-refractivity contribution in [3.05, 3.63) is 34.3 Å². The summed E-state index contributed by atoms with van der Waals surface area (Å²) in [7, 11) is -4.29. The van der Waals surface area contributed by atoms with Gasteiger partial charge in [0.1, 0.15) is 10.7 Å². The summed E-state index contributed by atoms with van der Waals surface area (Å²) in [5, 5.41) is 5.39. The fourth-order valence-corrected chi connectivity index (χ4v) is 4.44. The van der Waals surface area contributed by atoms with E-state index in [-0.39, 0.29) is 16.2 Å². The lowest BCUT2D eigenvalue weighted by molar-refractivity contribution is 0.570. The van der Waals surface area contributed by atoms with Crippen LogP contribution >= 0.6 is 22.9 Å². The molecular formula is C16H22ClF2N5O2S2. The number of halogens is 3. The fourth-order valence-electron chi connectivity index (χ4n) is 2.27. The van der Waals surface area contributed by atoms with Gasteiger partial charge in [0.25, 0.3) is 10.0 Å². The summed E-state index contributed by atoms with van der Waals surface area (Å²) in [5.74, 6) is -0.977. The molecule has 2 rings (SSSR count). The predicted octanol–water partition coefficient (Wildman–Crippen LogP) is 3.00. The molecule has 7 nitrogen and oxygen atoms in total. The van der Waals surface area contributed by atoms with Gasteiger partial charge in [0.15, 0.2) is 10.3 Å². The smallest absolute Gasteiger partial charge is 0.266 e. The first-order valence-electron chi connectivity index (χ1n) is 8.52. The van der Waals surface area contributed by atoms with Gasteiger partial charge in [-0.25, -0.2) is 17.8 Å².